The van der Waals surface area contributed by atoms with E-state index in [0.29, 0.717) is 0 Å². The van der Waals surface area contributed by atoms with Gasteiger partial charge >= 0.3 is 0 Å². The minimum absolute atomic E-state index is 0.0849. The van der Waals surface area contributed by atoms with Crippen LogP contribution in [0.5, 0.6) is 0 Å². The smallest absolute Gasteiger partial charge is 0.0624 e. The first-order valence-corrected chi connectivity index (χ1v) is 6.67. The Morgan fingerprint density at radius 2 is 1.87 bits per heavy atom. The second-order valence-electron chi connectivity index (χ2n) is 6.28. The molecule has 0 radical (unpaired) electrons. The highest BCUT2D eigenvalue weighted by Crippen LogP contribution is 2.52. The van der Waals surface area contributed by atoms with Crippen LogP contribution in [0.25, 0.3) is 0 Å². The molecular formula is C14H26O. The summed E-state index contributed by atoms with van der Waals surface area (Å²) in [5.74, 6) is 3.77. The van der Waals surface area contributed by atoms with E-state index in [1.807, 2.05) is 0 Å². The van der Waals surface area contributed by atoms with E-state index in [2.05, 4.69) is 27.7 Å². The van der Waals surface area contributed by atoms with Crippen molar-refractivity contribution in [3.63, 3.8) is 0 Å². The molecule has 2 fully saturated rings. The van der Waals surface area contributed by atoms with E-state index in [1.54, 1.807) is 0 Å². The highest BCUT2D eigenvalue weighted by atomic mass is 16.5. The first-order chi connectivity index (χ1) is 7.03. The van der Waals surface area contributed by atoms with Gasteiger partial charge in [0.2, 0.25) is 0 Å². The molecule has 88 valence electrons. The van der Waals surface area contributed by atoms with E-state index in [4.69, 9.17) is 4.74 Å². The highest BCUT2D eigenvalue weighted by molar-refractivity contribution is 4.94. The summed E-state index contributed by atoms with van der Waals surface area (Å²) in [4.78, 5) is 0. The lowest BCUT2D eigenvalue weighted by molar-refractivity contribution is -0.0537. The summed E-state index contributed by atoms with van der Waals surface area (Å²) in [6.07, 6.45) is 5.55. The fourth-order valence-corrected chi connectivity index (χ4v) is 3.41. The zero-order valence-electron chi connectivity index (χ0n) is 10.8. The molecule has 0 saturated heterocycles. The van der Waals surface area contributed by atoms with Crippen molar-refractivity contribution in [3.05, 3.63) is 0 Å². The van der Waals surface area contributed by atoms with Crippen molar-refractivity contribution >= 4 is 0 Å². The van der Waals surface area contributed by atoms with E-state index in [0.717, 1.165) is 36.7 Å². The monoisotopic (exact) mass is 210 g/mol. The van der Waals surface area contributed by atoms with E-state index >= 15 is 0 Å². The molecule has 4 atom stereocenters. The number of ether oxygens (including phenoxy) is 1. The van der Waals surface area contributed by atoms with Crippen molar-refractivity contribution < 1.29 is 4.74 Å². The Balaban J connectivity index is 1.85. The predicted octanol–water partition coefficient (Wildman–Crippen LogP) is 3.87. The number of fused-ring (bicyclic) bond motifs is 2. The summed E-state index contributed by atoms with van der Waals surface area (Å²) in [5.41, 5.74) is 0.0849. The summed E-state index contributed by atoms with van der Waals surface area (Å²) >= 11 is 0. The van der Waals surface area contributed by atoms with Crippen LogP contribution in [0.2, 0.25) is 0 Å². The third kappa shape index (κ3) is 2.22. The molecular weight excluding hydrogens is 184 g/mol. The summed E-state index contributed by atoms with van der Waals surface area (Å²) in [6, 6.07) is 0. The quantitative estimate of drug-likeness (QED) is 0.684. The van der Waals surface area contributed by atoms with Gasteiger partial charge in [0.05, 0.1) is 12.2 Å². The van der Waals surface area contributed by atoms with Crippen molar-refractivity contribution in [2.75, 3.05) is 6.61 Å². The molecule has 0 aromatic carbocycles. The molecule has 0 aliphatic heterocycles. The van der Waals surface area contributed by atoms with Gasteiger partial charge in [0.15, 0.2) is 0 Å². The predicted molar refractivity (Wildman–Crippen MR) is 63.8 cm³/mol. The Bertz CT molecular complexity index is 219. The van der Waals surface area contributed by atoms with E-state index in [-0.39, 0.29) is 5.60 Å². The molecule has 2 saturated carbocycles. The summed E-state index contributed by atoms with van der Waals surface area (Å²) < 4.78 is 6.09. The van der Waals surface area contributed by atoms with Crippen LogP contribution < -0.4 is 0 Å². The average Bonchev–Trinajstić information content (AvgIpc) is 2.76. The maximum absolute atomic E-state index is 6.09. The number of rotatable bonds is 4. The zero-order chi connectivity index (χ0) is 11.1. The lowest BCUT2D eigenvalue weighted by Crippen LogP contribution is -2.31. The third-order valence-electron chi connectivity index (χ3n) is 5.06. The van der Waals surface area contributed by atoms with Crippen LogP contribution in [-0.4, -0.2) is 12.2 Å². The van der Waals surface area contributed by atoms with Gasteiger partial charge in [-0.15, -0.1) is 0 Å². The average molecular weight is 210 g/mol. The molecule has 2 aliphatic rings. The van der Waals surface area contributed by atoms with E-state index < -0.39 is 0 Å². The molecule has 0 aromatic heterocycles. The fraction of sp³-hybridized carbons (Fsp3) is 1.00. The van der Waals surface area contributed by atoms with Crippen LogP contribution in [0.3, 0.4) is 0 Å². The standard InChI is InChI=1S/C14H26O/c1-5-14(3,4)15-9-13-10(2)11-6-7-12(13)8-11/h10-13H,5-9H2,1-4H3. The van der Waals surface area contributed by atoms with Crippen LogP contribution in [0.4, 0.5) is 0 Å². The Labute approximate surface area is 94.6 Å². The topological polar surface area (TPSA) is 9.23 Å². The lowest BCUT2D eigenvalue weighted by atomic mass is 9.81. The second-order valence-corrected chi connectivity index (χ2v) is 6.28. The first kappa shape index (κ1) is 11.4. The second kappa shape index (κ2) is 4.08. The molecule has 0 aromatic rings. The Morgan fingerprint density at radius 1 is 1.20 bits per heavy atom. The van der Waals surface area contributed by atoms with E-state index in [1.165, 1.54) is 19.3 Å². The first-order valence-electron chi connectivity index (χ1n) is 6.67. The molecule has 0 N–H and O–H groups in total. The number of hydrogen-bond donors (Lipinski definition) is 0. The molecule has 15 heavy (non-hydrogen) atoms. The van der Waals surface area contributed by atoms with Crippen molar-refractivity contribution in [1.29, 1.82) is 0 Å². The Kier molecular flexibility index (Phi) is 3.12. The lowest BCUT2D eigenvalue weighted by Gasteiger charge is -2.32. The van der Waals surface area contributed by atoms with Crippen molar-refractivity contribution in [1.82, 2.24) is 0 Å². The van der Waals surface area contributed by atoms with Crippen LogP contribution in [0.1, 0.15) is 53.4 Å². The van der Waals surface area contributed by atoms with Crippen LogP contribution in [0.15, 0.2) is 0 Å². The van der Waals surface area contributed by atoms with Crippen molar-refractivity contribution in [3.8, 4) is 0 Å². The summed E-state index contributed by atoms with van der Waals surface area (Å²) in [7, 11) is 0. The molecule has 2 aliphatic carbocycles. The summed E-state index contributed by atoms with van der Waals surface area (Å²) in [6.45, 7) is 10.1. The third-order valence-corrected chi connectivity index (χ3v) is 5.06. The maximum atomic E-state index is 6.09. The normalized spacial score (nSPS) is 40.0. The fourth-order valence-electron chi connectivity index (χ4n) is 3.41. The van der Waals surface area contributed by atoms with Crippen LogP contribution in [-0.2, 0) is 4.74 Å². The molecule has 1 heteroatoms. The van der Waals surface area contributed by atoms with Gasteiger partial charge in [-0.3, -0.25) is 0 Å². The van der Waals surface area contributed by atoms with Gasteiger partial charge in [0, 0.05) is 0 Å². The van der Waals surface area contributed by atoms with Gasteiger partial charge in [-0.1, -0.05) is 13.8 Å². The Morgan fingerprint density at radius 3 is 2.40 bits per heavy atom. The molecule has 1 nitrogen and oxygen atoms in total. The molecule has 2 bridgehead atoms. The van der Waals surface area contributed by atoms with Gasteiger partial charge in [-0.2, -0.15) is 0 Å². The van der Waals surface area contributed by atoms with Gasteiger partial charge < -0.3 is 4.74 Å². The SMILES string of the molecule is CCC(C)(C)OCC1C2CCC(C2)C1C. The van der Waals surface area contributed by atoms with E-state index in [9.17, 15) is 0 Å². The van der Waals surface area contributed by atoms with Crippen LogP contribution >= 0.6 is 0 Å². The Hall–Kier alpha value is -0.0400. The highest BCUT2D eigenvalue weighted by Gasteiger charge is 2.45. The molecule has 0 spiro atoms. The summed E-state index contributed by atoms with van der Waals surface area (Å²) in [5, 5.41) is 0. The van der Waals surface area contributed by atoms with Gasteiger partial charge in [-0.05, 0) is 63.2 Å². The largest absolute Gasteiger partial charge is 0.375 e. The van der Waals surface area contributed by atoms with Crippen molar-refractivity contribution in [2.24, 2.45) is 23.7 Å². The number of hydrogen-bond acceptors (Lipinski definition) is 1. The van der Waals surface area contributed by atoms with Crippen molar-refractivity contribution in [2.45, 2.75) is 59.0 Å². The minimum atomic E-state index is 0.0849. The van der Waals surface area contributed by atoms with Gasteiger partial charge in [-0.25, -0.2) is 0 Å². The zero-order valence-corrected chi connectivity index (χ0v) is 10.8. The molecule has 0 amide bonds. The minimum Gasteiger partial charge on any atom is -0.375 e. The van der Waals surface area contributed by atoms with Gasteiger partial charge in [0.1, 0.15) is 0 Å². The molecule has 4 unspecified atom stereocenters. The molecule has 0 heterocycles. The molecule has 2 rings (SSSR count). The van der Waals surface area contributed by atoms with Gasteiger partial charge in [0.25, 0.3) is 0 Å². The van der Waals surface area contributed by atoms with Crippen LogP contribution in [0, 0.1) is 23.7 Å². The maximum Gasteiger partial charge on any atom is 0.0624 e.